The van der Waals surface area contributed by atoms with Gasteiger partial charge >= 0.3 is 0 Å². The number of carbonyl (C=O) groups excluding carboxylic acids is 1. The van der Waals surface area contributed by atoms with Gasteiger partial charge in [0.15, 0.2) is 9.84 Å². The number of hydrogen-bond donors (Lipinski definition) is 1. The molecule has 156 valence electrons. The Kier molecular flexibility index (Phi) is 6.59. The highest BCUT2D eigenvalue weighted by Crippen LogP contribution is 2.23. The number of carbonyl (C=O) groups is 1. The number of sulfone groups is 1. The molecule has 1 aliphatic rings. The number of amides is 1. The van der Waals surface area contributed by atoms with Gasteiger partial charge in [-0.1, -0.05) is 30.3 Å². The van der Waals surface area contributed by atoms with Gasteiger partial charge in [0.2, 0.25) is 0 Å². The molecule has 0 bridgehead atoms. The molecule has 0 aliphatic carbocycles. The van der Waals surface area contributed by atoms with Crippen LogP contribution in [0.4, 0.5) is 5.69 Å². The summed E-state index contributed by atoms with van der Waals surface area (Å²) in [4.78, 5) is 17.6. The summed E-state index contributed by atoms with van der Waals surface area (Å²) in [5.74, 6) is -0.377. The fraction of sp³-hybridized carbons (Fsp3) is 0.409. The van der Waals surface area contributed by atoms with Crippen molar-refractivity contribution < 1.29 is 13.2 Å². The number of benzene rings is 2. The first-order valence-corrected chi connectivity index (χ1v) is 11.5. The van der Waals surface area contributed by atoms with E-state index in [1.807, 2.05) is 18.2 Å². The molecule has 0 aromatic heterocycles. The molecule has 0 saturated carbocycles. The minimum atomic E-state index is -3.54. The Labute approximate surface area is 173 Å². The van der Waals surface area contributed by atoms with Crippen molar-refractivity contribution in [1.29, 1.82) is 0 Å². The molecule has 7 heteroatoms. The Morgan fingerprint density at radius 2 is 1.62 bits per heavy atom. The van der Waals surface area contributed by atoms with Gasteiger partial charge in [-0.05, 0) is 44.7 Å². The highest BCUT2D eigenvalue weighted by atomic mass is 32.2. The number of likely N-dealkylation sites (N-methyl/N-ethyl adjacent to an activating group) is 1. The molecule has 0 unspecified atom stereocenters. The molecule has 0 spiro atoms. The molecule has 29 heavy (non-hydrogen) atoms. The zero-order valence-electron chi connectivity index (χ0n) is 17.3. The van der Waals surface area contributed by atoms with E-state index in [1.165, 1.54) is 6.07 Å². The summed E-state index contributed by atoms with van der Waals surface area (Å²) in [7, 11) is -1.42. The first kappa shape index (κ1) is 21.3. The number of piperazine rings is 1. The van der Waals surface area contributed by atoms with E-state index in [2.05, 4.69) is 28.2 Å². The quantitative estimate of drug-likeness (QED) is 0.785. The van der Waals surface area contributed by atoms with Gasteiger partial charge in [-0.15, -0.1) is 0 Å². The smallest absolute Gasteiger partial charge is 0.252 e. The first-order valence-electron chi connectivity index (χ1n) is 9.93. The third kappa shape index (κ3) is 4.79. The van der Waals surface area contributed by atoms with Gasteiger partial charge in [0.25, 0.3) is 5.91 Å². The van der Waals surface area contributed by atoms with Crippen molar-refractivity contribution in [3.63, 3.8) is 0 Å². The van der Waals surface area contributed by atoms with Crippen molar-refractivity contribution >= 4 is 21.4 Å². The van der Waals surface area contributed by atoms with E-state index in [0.717, 1.165) is 37.4 Å². The molecule has 1 fully saturated rings. The van der Waals surface area contributed by atoms with Crippen molar-refractivity contribution in [1.82, 2.24) is 10.2 Å². The maximum Gasteiger partial charge on any atom is 0.252 e. The lowest BCUT2D eigenvalue weighted by Gasteiger charge is -2.35. The number of hydrogen-bond acceptors (Lipinski definition) is 5. The first-order chi connectivity index (χ1) is 13.8. The molecule has 0 atom stereocenters. The van der Waals surface area contributed by atoms with Crippen LogP contribution >= 0.6 is 0 Å². The van der Waals surface area contributed by atoms with Gasteiger partial charge in [0.1, 0.15) is 0 Å². The van der Waals surface area contributed by atoms with Gasteiger partial charge < -0.3 is 15.1 Å². The lowest BCUT2D eigenvalue weighted by molar-refractivity contribution is 0.0947. The van der Waals surface area contributed by atoms with E-state index >= 15 is 0 Å². The Hall–Kier alpha value is -2.38. The molecule has 2 aromatic rings. The lowest BCUT2D eigenvalue weighted by Crippen LogP contribution is -2.45. The van der Waals surface area contributed by atoms with Crippen LogP contribution in [0.2, 0.25) is 0 Å². The molecule has 2 aromatic carbocycles. The fourth-order valence-corrected chi connectivity index (χ4v) is 4.69. The van der Waals surface area contributed by atoms with Crippen LogP contribution in [0.3, 0.4) is 0 Å². The zero-order chi connectivity index (χ0) is 21.0. The van der Waals surface area contributed by atoms with Crippen LogP contribution in [-0.2, 0) is 16.4 Å². The summed E-state index contributed by atoms with van der Waals surface area (Å²) in [5.41, 5.74) is 2.33. The molecule has 0 radical (unpaired) electrons. The van der Waals surface area contributed by atoms with E-state index in [9.17, 15) is 13.2 Å². The van der Waals surface area contributed by atoms with Crippen LogP contribution in [0, 0.1) is 0 Å². The van der Waals surface area contributed by atoms with Crippen molar-refractivity contribution in [2.24, 2.45) is 0 Å². The normalized spacial score (nSPS) is 15.5. The van der Waals surface area contributed by atoms with Crippen molar-refractivity contribution in [2.75, 3.05) is 38.1 Å². The summed E-state index contributed by atoms with van der Waals surface area (Å²) >= 11 is 0. The molecule has 1 aliphatic heterocycles. The summed E-state index contributed by atoms with van der Waals surface area (Å²) in [6.45, 7) is 7.47. The minimum absolute atomic E-state index is 0.0832. The van der Waals surface area contributed by atoms with E-state index in [4.69, 9.17) is 0 Å². The summed E-state index contributed by atoms with van der Waals surface area (Å²) in [5, 5.41) is 2.33. The molecule has 6 nitrogen and oxygen atoms in total. The topological polar surface area (TPSA) is 69.7 Å². The van der Waals surface area contributed by atoms with Crippen molar-refractivity contribution in [3.8, 4) is 0 Å². The average molecular weight is 416 g/mol. The molecule has 1 N–H and O–H groups in total. The Balaban J connectivity index is 1.78. The second kappa shape index (κ2) is 8.97. The average Bonchev–Trinajstić information content (AvgIpc) is 2.72. The van der Waals surface area contributed by atoms with E-state index < -0.39 is 15.1 Å². The third-order valence-electron chi connectivity index (χ3n) is 5.33. The number of para-hydroxylation sites is 1. The van der Waals surface area contributed by atoms with E-state index in [1.54, 1.807) is 32.0 Å². The summed E-state index contributed by atoms with van der Waals surface area (Å²) < 4.78 is 25.3. The van der Waals surface area contributed by atoms with Crippen LogP contribution in [-0.4, -0.2) is 57.7 Å². The molecular formula is C22H29N3O3S. The highest BCUT2D eigenvalue weighted by Gasteiger charge is 2.25. The van der Waals surface area contributed by atoms with Crippen molar-refractivity contribution in [2.45, 2.75) is 30.5 Å². The zero-order valence-corrected chi connectivity index (χ0v) is 18.1. The van der Waals surface area contributed by atoms with Crippen molar-refractivity contribution in [3.05, 3.63) is 59.7 Å². The number of nitrogens with zero attached hydrogens (tertiary/aromatic N) is 2. The van der Waals surface area contributed by atoms with Crippen LogP contribution in [0.25, 0.3) is 0 Å². The minimum Gasteiger partial charge on any atom is -0.369 e. The molecule has 1 saturated heterocycles. The lowest BCUT2D eigenvalue weighted by atomic mass is 10.1. The van der Waals surface area contributed by atoms with Gasteiger partial charge in [-0.25, -0.2) is 8.42 Å². The number of anilines is 1. The third-order valence-corrected chi connectivity index (χ3v) is 7.54. The number of nitrogens with one attached hydrogen (secondary N) is 1. The Bertz CT molecular complexity index is 965. The van der Waals surface area contributed by atoms with Crippen LogP contribution in [0.1, 0.15) is 29.8 Å². The predicted octanol–water partition coefficient (Wildman–Crippen LogP) is 2.55. The van der Waals surface area contributed by atoms with Crippen LogP contribution in [0.5, 0.6) is 0 Å². The van der Waals surface area contributed by atoms with Gasteiger partial charge in [0, 0.05) is 38.4 Å². The largest absolute Gasteiger partial charge is 0.369 e. The molecular weight excluding hydrogens is 386 g/mol. The van der Waals surface area contributed by atoms with E-state index in [0.29, 0.717) is 6.54 Å². The Morgan fingerprint density at radius 1 is 1.00 bits per heavy atom. The summed E-state index contributed by atoms with van der Waals surface area (Å²) in [6, 6.07) is 14.4. The van der Waals surface area contributed by atoms with Gasteiger partial charge in [-0.2, -0.15) is 0 Å². The molecule has 1 amide bonds. The van der Waals surface area contributed by atoms with Crippen LogP contribution < -0.4 is 10.2 Å². The monoisotopic (exact) mass is 415 g/mol. The molecule has 1 heterocycles. The second-order valence-corrected chi connectivity index (χ2v) is 10.2. The standard InChI is InChI=1S/C22H29N3O3S/c1-17(2)29(27,28)21-11-7-5-9-19(21)22(26)23-16-18-8-4-6-10-20(18)25-14-12-24(3)13-15-25/h4-11,17H,12-16H2,1-3H3,(H,23,26). The Morgan fingerprint density at radius 3 is 2.31 bits per heavy atom. The fourth-order valence-electron chi connectivity index (χ4n) is 3.44. The van der Waals surface area contributed by atoms with Gasteiger partial charge in [0.05, 0.1) is 15.7 Å². The maximum atomic E-state index is 12.8. The predicted molar refractivity (Wildman–Crippen MR) is 116 cm³/mol. The molecule has 3 rings (SSSR count). The number of rotatable bonds is 6. The SMILES string of the molecule is CC(C)S(=O)(=O)c1ccccc1C(=O)NCc1ccccc1N1CCN(C)CC1. The van der Waals surface area contributed by atoms with E-state index in [-0.39, 0.29) is 16.4 Å². The maximum absolute atomic E-state index is 12.8. The second-order valence-electron chi connectivity index (χ2n) is 7.69. The van der Waals surface area contributed by atoms with Crippen LogP contribution in [0.15, 0.2) is 53.4 Å². The summed E-state index contributed by atoms with van der Waals surface area (Å²) in [6.07, 6.45) is 0. The highest BCUT2D eigenvalue weighted by molar-refractivity contribution is 7.92. The van der Waals surface area contributed by atoms with Gasteiger partial charge in [-0.3, -0.25) is 4.79 Å².